The molecule has 4 amide bonds. The van der Waals surface area contributed by atoms with Gasteiger partial charge in [0.25, 0.3) is 5.91 Å². The van der Waals surface area contributed by atoms with E-state index < -0.39 is 5.54 Å². The summed E-state index contributed by atoms with van der Waals surface area (Å²) in [5.41, 5.74) is 1.65. The molecular weight excluding hydrogens is 408 g/mol. The third kappa shape index (κ3) is 3.51. The van der Waals surface area contributed by atoms with Gasteiger partial charge in [-0.15, -0.1) is 0 Å². The van der Waals surface area contributed by atoms with Crippen LogP contribution in [0.4, 0.5) is 4.79 Å². The van der Waals surface area contributed by atoms with Crippen LogP contribution in [0.5, 0.6) is 5.75 Å². The summed E-state index contributed by atoms with van der Waals surface area (Å²) >= 11 is 0. The van der Waals surface area contributed by atoms with Gasteiger partial charge in [0.05, 0.1) is 7.11 Å². The zero-order valence-corrected chi connectivity index (χ0v) is 18.5. The number of carbonyl (C=O) groups excluding carboxylic acids is 3. The fourth-order valence-corrected chi connectivity index (χ4v) is 5.59. The van der Waals surface area contributed by atoms with Gasteiger partial charge < -0.3 is 19.9 Å². The van der Waals surface area contributed by atoms with E-state index in [0.717, 1.165) is 36.9 Å². The standard InChI is InChI=1S/C24H30N4O4/c1-32-17-4-5-20-18(14-17)19(15-25-20)16-6-11-27(12-7-16)21(29)8-13-28-22(30)24(26-23(28)31)9-2-3-10-24/h4-5,14-16,25H,2-3,6-13H2,1H3,(H,26,31). The molecule has 1 spiro atoms. The average Bonchev–Trinajstić information content (AvgIpc) is 3.51. The molecule has 2 saturated heterocycles. The molecule has 0 bridgehead atoms. The Bertz CT molecular complexity index is 1050. The Labute approximate surface area is 187 Å². The largest absolute Gasteiger partial charge is 0.497 e. The molecule has 3 heterocycles. The highest BCUT2D eigenvalue weighted by Gasteiger charge is 2.52. The van der Waals surface area contributed by atoms with Gasteiger partial charge in [-0.3, -0.25) is 14.5 Å². The molecule has 1 aromatic carbocycles. The van der Waals surface area contributed by atoms with Gasteiger partial charge in [-0.2, -0.15) is 0 Å². The first kappa shape index (κ1) is 20.8. The lowest BCUT2D eigenvalue weighted by atomic mass is 9.89. The first-order valence-electron chi connectivity index (χ1n) is 11.6. The number of aromatic nitrogens is 1. The van der Waals surface area contributed by atoms with E-state index in [-0.39, 0.29) is 30.8 Å². The van der Waals surface area contributed by atoms with Gasteiger partial charge in [0.1, 0.15) is 11.3 Å². The molecule has 1 aliphatic carbocycles. The number of nitrogens with one attached hydrogen (secondary N) is 2. The normalized spacial score (nSPS) is 21.0. The number of fused-ring (bicyclic) bond motifs is 1. The Kier molecular flexibility index (Phi) is 5.31. The van der Waals surface area contributed by atoms with Crippen LogP contribution in [0.3, 0.4) is 0 Å². The molecule has 0 radical (unpaired) electrons. The van der Waals surface area contributed by atoms with Crippen molar-refractivity contribution in [3.63, 3.8) is 0 Å². The molecule has 8 nitrogen and oxygen atoms in total. The number of amides is 4. The van der Waals surface area contributed by atoms with Gasteiger partial charge in [-0.05, 0) is 55.4 Å². The Morgan fingerprint density at radius 1 is 1.19 bits per heavy atom. The van der Waals surface area contributed by atoms with E-state index in [2.05, 4.69) is 22.6 Å². The van der Waals surface area contributed by atoms with Crippen molar-refractivity contribution in [1.82, 2.24) is 20.1 Å². The van der Waals surface area contributed by atoms with Crippen molar-refractivity contribution in [1.29, 1.82) is 0 Å². The van der Waals surface area contributed by atoms with Crippen LogP contribution in [0.2, 0.25) is 0 Å². The molecule has 1 saturated carbocycles. The highest BCUT2D eigenvalue weighted by molar-refractivity contribution is 6.07. The number of aromatic amines is 1. The Balaban J connectivity index is 1.17. The number of carbonyl (C=O) groups is 3. The second-order valence-corrected chi connectivity index (χ2v) is 9.24. The summed E-state index contributed by atoms with van der Waals surface area (Å²) in [7, 11) is 1.67. The molecule has 5 rings (SSSR count). The minimum Gasteiger partial charge on any atom is -0.497 e. The molecule has 2 N–H and O–H groups in total. The number of imide groups is 1. The maximum atomic E-state index is 12.8. The Hall–Kier alpha value is -3.03. The van der Waals surface area contributed by atoms with E-state index in [4.69, 9.17) is 4.74 Å². The lowest BCUT2D eigenvalue weighted by molar-refractivity contribution is -0.134. The highest BCUT2D eigenvalue weighted by Crippen LogP contribution is 2.36. The molecule has 3 aliphatic rings. The number of likely N-dealkylation sites (tertiary alicyclic amines) is 1. The molecule has 2 aromatic rings. The number of methoxy groups -OCH3 is 1. The number of hydrogen-bond acceptors (Lipinski definition) is 4. The fraction of sp³-hybridized carbons (Fsp3) is 0.542. The zero-order valence-electron chi connectivity index (χ0n) is 18.5. The molecular formula is C24H30N4O4. The van der Waals surface area contributed by atoms with Gasteiger partial charge >= 0.3 is 6.03 Å². The quantitative estimate of drug-likeness (QED) is 0.701. The van der Waals surface area contributed by atoms with E-state index in [0.29, 0.717) is 31.8 Å². The number of H-pyrrole nitrogens is 1. The monoisotopic (exact) mass is 438 g/mol. The molecule has 8 heteroatoms. The van der Waals surface area contributed by atoms with E-state index in [1.165, 1.54) is 15.8 Å². The SMILES string of the molecule is COc1ccc2[nH]cc(C3CCN(C(=O)CCN4C(=O)NC5(CCCC5)C4=O)CC3)c2c1. The fourth-order valence-electron chi connectivity index (χ4n) is 5.59. The number of nitrogens with zero attached hydrogens (tertiary/aromatic N) is 2. The molecule has 1 aromatic heterocycles. The topological polar surface area (TPSA) is 94.7 Å². The number of hydrogen-bond donors (Lipinski definition) is 2. The minimum atomic E-state index is -0.708. The summed E-state index contributed by atoms with van der Waals surface area (Å²) in [6.07, 6.45) is 7.36. The molecule has 3 fully saturated rings. The first-order chi connectivity index (χ1) is 15.5. The Morgan fingerprint density at radius 3 is 2.66 bits per heavy atom. The molecule has 32 heavy (non-hydrogen) atoms. The van der Waals surface area contributed by atoms with Gasteiger partial charge in [0, 0.05) is 43.2 Å². The van der Waals surface area contributed by atoms with Crippen LogP contribution in [0, 0.1) is 0 Å². The van der Waals surface area contributed by atoms with Gasteiger partial charge in [-0.25, -0.2) is 4.79 Å². The van der Waals surface area contributed by atoms with Crippen LogP contribution in [-0.2, 0) is 9.59 Å². The molecule has 2 aliphatic heterocycles. The van der Waals surface area contributed by atoms with Gasteiger partial charge in [-0.1, -0.05) is 12.8 Å². The van der Waals surface area contributed by atoms with Crippen LogP contribution in [0.1, 0.15) is 56.4 Å². The second kappa shape index (κ2) is 8.15. The predicted octanol–water partition coefficient (Wildman–Crippen LogP) is 3.14. The van der Waals surface area contributed by atoms with Gasteiger partial charge in [0.2, 0.25) is 5.91 Å². The summed E-state index contributed by atoms with van der Waals surface area (Å²) in [5, 5.41) is 4.05. The maximum Gasteiger partial charge on any atom is 0.325 e. The average molecular weight is 439 g/mol. The smallest absolute Gasteiger partial charge is 0.325 e. The summed E-state index contributed by atoms with van der Waals surface area (Å²) in [6.45, 7) is 1.53. The van der Waals surface area contributed by atoms with Crippen molar-refractivity contribution < 1.29 is 19.1 Å². The van der Waals surface area contributed by atoms with E-state index in [1.54, 1.807) is 7.11 Å². The Morgan fingerprint density at radius 2 is 1.94 bits per heavy atom. The molecule has 170 valence electrons. The van der Waals surface area contributed by atoms with Gasteiger partial charge in [0.15, 0.2) is 0 Å². The third-order valence-electron chi connectivity index (χ3n) is 7.46. The van der Waals surface area contributed by atoms with E-state index in [9.17, 15) is 14.4 Å². The van der Waals surface area contributed by atoms with Crippen LogP contribution >= 0.6 is 0 Å². The number of ether oxygens (including phenoxy) is 1. The highest BCUT2D eigenvalue weighted by atomic mass is 16.5. The maximum absolute atomic E-state index is 12.8. The summed E-state index contributed by atoms with van der Waals surface area (Å²) in [5.74, 6) is 1.08. The lowest BCUT2D eigenvalue weighted by Crippen LogP contribution is -2.44. The summed E-state index contributed by atoms with van der Waals surface area (Å²) < 4.78 is 5.37. The van der Waals surface area contributed by atoms with E-state index >= 15 is 0 Å². The predicted molar refractivity (Wildman–Crippen MR) is 119 cm³/mol. The third-order valence-corrected chi connectivity index (χ3v) is 7.46. The van der Waals surface area contributed by atoms with Crippen molar-refractivity contribution in [2.45, 2.75) is 56.4 Å². The van der Waals surface area contributed by atoms with Crippen LogP contribution < -0.4 is 10.1 Å². The van der Waals surface area contributed by atoms with E-state index in [1.807, 2.05) is 17.0 Å². The van der Waals surface area contributed by atoms with Crippen LogP contribution in [0.25, 0.3) is 10.9 Å². The van der Waals surface area contributed by atoms with Crippen molar-refractivity contribution in [3.05, 3.63) is 30.0 Å². The molecule has 0 atom stereocenters. The van der Waals surface area contributed by atoms with Crippen molar-refractivity contribution in [2.24, 2.45) is 0 Å². The van der Waals surface area contributed by atoms with Crippen molar-refractivity contribution in [2.75, 3.05) is 26.7 Å². The second-order valence-electron chi connectivity index (χ2n) is 9.24. The number of rotatable bonds is 5. The summed E-state index contributed by atoms with van der Waals surface area (Å²) in [6, 6.07) is 5.69. The minimum absolute atomic E-state index is 0.0111. The number of piperidine rings is 1. The lowest BCUT2D eigenvalue weighted by Gasteiger charge is -2.32. The van der Waals surface area contributed by atoms with Crippen LogP contribution in [0.15, 0.2) is 24.4 Å². The van der Waals surface area contributed by atoms with Crippen molar-refractivity contribution >= 4 is 28.7 Å². The number of benzene rings is 1. The van der Waals surface area contributed by atoms with Crippen LogP contribution in [-0.4, -0.2) is 64.9 Å². The first-order valence-corrected chi connectivity index (χ1v) is 11.6. The summed E-state index contributed by atoms with van der Waals surface area (Å²) in [4.78, 5) is 44.3. The molecule has 0 unspecified atom stereocenters. The number of urea groups is 1. The zero-order chi connectivity index (χ0) is 22.3. The van der Waals surface area contributed by atoms with Crippen molar-refractivity contribution in [3.8, 4) is 5.75 Å².